The molecule has 84 valence electrons. The highest BCUT2D eigenvalue weighted by atomic mass is 79.9. The van der Waals surface area contributed by atoms with Crippen molar-refractivity contribution in [2.75, 3.05) is 13.2 Å². The zero-order valence-electron chi connectivity index (χ0n) is 8.74. The van der Waals surface area contributed by atoms with Crippen LogP contribution in [0, 0.1) is 0 Å². The third-order valence-electron chi connectivity index (χ3n) is 1.98. The highest BCUT2D eigenvalue weighted by molar-refractivity contribution is 9.10. The molecule has 0 radical (unpaired) electrons. The molecule has 0 aliphatic rings. The molecule has 0 aliphatic carbocycles. The first-order valence-corrected chi connectivity index (χ1v) is 5.51. The van der Waals surface area contributed by atoms with Crippen molar-refractivity contribution in [3.05, 3.63) is 16.4 Å². The van der Waals surface area contributed by atoms with E-state index in [4.69, 9.17) is 10.5 Å². The number of halogens is 1. The molecule has 15 heavy (non-hydrogen) atoms. The van der Waals surface area contributed by atoms with Crippen LogP contribution in [0.4, 0.5) is 0 Å². The Kier molecular flexibility index (Phi) is 4.28. The van der Waals surface area contributed by atoms with Crippen LogP contribution in [-0.2, 0) is 4.74 Å². The third kappa shape index (κ3) is 2.57. The van der Waals surface area contributed by atoms with Crippen LogP contribution in [0.5, 0.6) is 0 Å². The molecule has 1 aromatic rings. The molecule has 6 heteroatoms. The summed E-state index contributed by atoms with van der Waals surface area (Å²) in [4.78, 5) is 11.6. The lowest BCUT2D eigenvalue weighted by Gasteiger charge is -2.12. The molecule has 1 rings (SSSR count). The number of aromatic nitrogens is 2. The molecule has 0 bridgehead atoms. The topological polar surface area (TPSA) is 70.1 Å². The maximum absolute atomic E-state index is 11.6. The zero-order valence-corrected chi connectivity index (χ0v) is 10.3. The lowest BCUT2D eigenvalue weighted by Crippen LogP contribution is -2.22. The van der Waals surface area contributed by atoms with E-state index >= 15 is 0 Å². The fourth-order valence-electron chi connectivity index (χ4n) is 1.17. The van der Waals surface area contributed by atoms with E-state index in [-0.39, 0.29) is 12.0 Å². The largest absolute Gasteiger partial charge is 0.461 e. The van der Waals surface area contributed by atoms with Gasteiger partial charge in [0.25, 0.3) is 0 Å². The van der Waals surface area contributed by atoms with Crippen LogP contribution >= 0.6 is 15.9 Å². The van der Waals surface area contributed by atoms with Gasteiger partial charge in [0.15, 0.2) is 5.69 Å². The minimum Gasteiger partial charge on any atom is -0.461 e. The zero-order chi connectivity index (χ0) is 11.4. The second kappa shape index (κ2) is 5.27. The molecular weight excluding hydrogens is 262 g/mol. The molecule has 0 amide bonds. The quantitative estimate of drug-likeness (QED) is 0.842. The van der Waals surface area contributed by atoms with Crippen molar-refractivity contribution in [3.63, 3.8) is 0 Å². The van der Waals surface area contributed by atoms with Gasteiger partial charge >= 0.3 is 5.97 Å². The average Bonchev–Trinajstić information content (AvgIpc) is 2.59. The number of esters is 1. The summed E-state index contributed by atoms with van der Waals surface area (Å²) in [6.07, 6.45) is 1.57. The Morgan fingerprint density at radius 2 is 2.47 bits per heavy atom. The summed E-state index contributed by atoms with van der Waals surface area (Å²) in [6.45, 7) is 4.41. The van der Waals surface area contributed by atoms with Gasteiger partial charge in [0.2, 0.25) is 0 Å². The Bertz CT molecular complexity index is 351. The molecule has 0 unspecified atom stereocenters. The van der Waals surface area contributed by atoms with Gasteiger partial charge in [-0.25, -0.2) is 4.79 Å². The second-order valence-corrected chi connectivity index (χ2v) is 3.95. The van der Waals surface area contributed by atoms with Crippen molar-refractivity contribution in [2.24, 2.45) is 5.73 Å². The number of nitrogens with two attached hydrogens (primary N) is 1. The van der Waals surface area contributed by atoms with Crippen molar-refractivity contribution < 1.29 is 9.53 Å². The Labute approximate surface area is 96.7 Å². The average molecular weight is 276 g/mol. The van der Waals surface area contributed by atoms with Gasteiger partial charge in [-0.15, -0.1) is 0 Å². The summed E-state index contributed by atoms with van der Waals surface area (Å²) in [5.41, 5.74) is 5.94. The van der Waals surface area contributed by atoms with Crippen LogP contribution in [0.15, 0.2) is 10.7 Å². The van der Waals surface area contributed by atoms with Crippen LogP contribution in [0.3, 0.4) is 0 Å². The first-order chi connectivity index (χ1) is 7.11. The van der Waals surface area contributed by atoms with Crippen molar-refractivity contribution in [1.29, 1.82) is 0 Å². The molecule has 0 fully saturated rings. The Balaban J connectivity index is 3.03. The second-order valence-electron chi connectivity index (χ2n) is 3.09. The summed E-state index contributed by atoms with van der Waals surface area (Å²) < 4.78 is 7.13. The molecule has 2 N–H and O–H groups in total. The van der Waals surface area contributed by atoms with E-state index in [2.05, 4.69) is 21.0 Å². The third-order valence-corrected chi connectivity index (χ3v) is 2.56. The predicted octanol–water partition coefficient (Wildman–Crippen LogP) is 1.34. The molecule has 1 aromatic heterocycles. The van der Waals surface area contributed by atoms with Crippen LogP contribution in [0.2, 0.25) is 0 Å². The minimum absolute atomic E-state index is 0.0318. The molecule has 0 saturated heterocycles. The van der Waals surface area contributed by atoms with Crippen LogP contribution < -0.4 is 5.73 Å². The number of nitrogens with zero attached hydrogens (tertiary/aromatic N) is 2. The maximum Gasteiger partial charge on any atom is 0.357 e. The lowest BCUT2D eigenvalue weighted by atomic mass is 10.3. The van der Waals surface area contributed by atoms with Gasteiger partial charge in [-0.05, 0) is 29.8 Å². The Hall–Kier alpha value is -0.880. The van der Waals surface area contributed by atoms with E-state index in [1.165, 1.54) is 0 Å². The molecule has 5 nitrogen and oxygen atoms in total. The van der Waals surface area contributed by atoms with Crippen LogP contribution in [-0.4, -0.2) is 28.9 Å². The molecule has 0 spiro atoms. The minimum atomic E-state index is -0.387. The predicted molar refractivity (Wildman–Crippen MR) is 59.6 cm³/mol. The normalized spacial score (nSPS) is 12.5. The number of hydrogen-bond acceptors (Lipinski definition) is 4. The fraction of sp³-hybridized carbons (Fsp3) is 0.556. The SMILES string of the molecule is CCOC(=O)c1c(Br)cnn1[C@@H](C)CN. The first-order valence-electron chi connectivity index (χ1n) is 4.72. The summed E-state index contributed by atoms with van der Waals surface area (Å²) in [5, 5.41) is 4.08. The summed E-state index contributed by atoms with van der Waals surface area (Å²) in [5.74, 6) is -0.387. The van der Waals surface area contributed by atoms with Crippen molar-refractivity contribution in [1.82, 2.24) is 9.78 Å². The van der Waals surface area contributed by atoms with Crippen LogP contribution in [0.1, 0.15) is 30.4 Å². The summed E-state index contributed by atoms with van der Waals surface area (Å²) >= 11 is 3.26. The maximum atomic E-state index is 11.6. The van der Waals surface area contributed by atoms with Crippen molar-refractivity contribution in [2.45, 2.75) is 19.9 Å². The Morgan fingerprint density at radius 3 is 3.00 bits per heavy atom. The molecule has 0 saturated carbocycles. The van der Waals surface area contributed by atoms with Gasteiger partial charge in [0.05, 0.1) is 23.3 Å². The van der Waals surface area contributed by atoms with Gasteiger partial charge in [-0.3, -0.25) is 4.68 Å². The van der Waals surface area contributed by atoms with Crippen LogP contribution in [0.25, 0.3) is 0 Å². The van der Waals surface area contributed by atoms with E-state index in [0.29, 0.717) is 23.3 Å². The summed E-state index contributed by atoms with van der Waals surface area (Å²) in [7, 11) is 0. The van der Waals surface area contributed by atoms with Gasteiger partial charge in [0, 0.05) is 6.54 Å². The monoisotopic (exact) mass is 275 g/mol. The molecular formula is C9H14BrN3O2. The first kappa shape index (κ1) is 12.2. The Morgan fingerprint density at radius 1 is 1.80 bits per heavy atom. The van der Waals surface area contributed by atoms with Gasteiger partial charge in [-0.2, -0.15) is 5.10 Å². The molecule has 1 atom stereocenters. The van der Waals surface area contributed by atoms with E-state index in [0.717, 1.165) is 0 Å². The fourth-order valence-corrected chi connectivity index (χ4v) is 1.60. The van der Waals surface area contributed by atoms with Gasteiger partial charge in [0.1, 0.15) is 0 Å². The van der Waals surface area contributed by atoms with E-state index in [9.17, 15) is 4.79 Å². The number of ether oxygens (including phenoxy) is 1. The number of carbonyl (C=O) groups is 1. The lowest BCUT2D eigenvalue weighted by molar-refractivity contribution is 0.0508. The highest BCUT2D eigenvalue weighted by Gasteiger charge is 2.20. The standard InChI is InChI=1S/C9H14BrN3O2/c1-3-15-9(14)8-7(10)5-12-13(8)6(2)4-11/h5-6H,3-4,11H2,1-2H3/t6-/m0/s1. The van der Waals surface area contributed by atoms with E-state index in [1.54, 1.807) is 17.8 Å². The van der Waals surface area contributed by atoms with Crippen molar-refractivity contribution in [3.8, 4) is 0 Å². The highest BCUT2D eigenvalue weighted by Crippen LogP contribution is 2.20. The smallest absolute Gasteiger partial charge is 0.357 e. The number of hydrogen-bond donors (Lipinski definition) is 1. The molecule has 1 heterocycles. The van der Waals surface area contributed by atoms with Gasteiger partial charge in [-0.1, -0.05) is 0 Å². The molecule has 0 aliphatic heterocycles. The van der Waals surface area contributed by atoms with Gasteiger partial charge < -0.3 is 10.5 Å². The van der Waals surface area contributed by atoms with E-state index in [1.807, 2.05) is 6.92 Å². The van der Waals surface area contributed by atoms with E-state index < -0.39 is 0 Å². The number of carbonyl (C=O) groups excluding carboxylic acids is 1. The molecule has 0 aromatic carbocycles. The summed E-state index contributed by atoms with van der Waals surface area (Å²) in [6, 6.07) is -0.0318. The van der Waals surface area contributed by atoms with Crippen molar-refractivity contribution >= 4 is 21.9 Å². The number of rotatable bonds is 4.